The highest BCUT2D eigenvalue weighted by atomic mass is 28.3. The topological polar surface area (TPSA) is 38.7 Å². The Morgan fingerprint density at radius 1 is 0.526 bits per heavy atom. The fourth-order valence-corrected chi connectivity index (χ4v) is 4.62. The molecule has 3 nitrogen and oxygen atoms in total. The minimum atomic E-state index is -1.64. The highest BCUT2D eigenvalue weighted by Crippen LogP contribution is 1.89. The van der Waals surface area contributed by atoms with Crippen molar-refractivity contribution in [2.75, 3.05) is 0 Å². The summed E-state index contributed by atoms with van der Waals surface area (Å²) in [6.45, 7) is 0. The lowest BCUT2D eigenvalue weighted by atomic mass is 10.5. The first kappa shape index (κ1) is 11.7. The van der Waals surface area contributed by atoms with Crippen LogP contribution in [0.25, 0.3) is 0 Å². The minimum absolute atomic E-state index is 1.10. The van der Waals surface area contributed by atoms with Gasteiger partial charge in [0.05, 0.1) is 0 Å². The molecule has 19 heavy (non-hydrogen) atoms. The van der Waals surface area contributed by atoms with Crippen LogP contribution < -0.4 is 16.0 Å². The van der Waals surface area contributed by atoms with Gasteiger partial charge in [0.2, 0.25) is 8.80 Å². The third-order valence-electron chi connectivity index (χ3n) is 2.95. The molecule has 0 aliphatic heterocycles. The number of aromatic nitrogens is 3. The van der Waals surface area contributed by atoms with Gasteiger partial charge in [0.15, 0.2) is 0 Å². The summed E-state index contributed by atoms with van der Waals surface area (Å²) in [4.78, 5) is 13.5. The normalized spacial score (nSPS) is 10.6. The lowest BCUT2D eigenvalue weighted by molar-refractivity contribution is 1.33. The van der Waals surface area contributed by atoms with E-state index in [0.29, 0.717) is 0 Å². The van der Waals surface area contributed by atoms with Gasteiger partial charge in [-0.3, -0.25) is 15.0 Å². The largest absolute Gasteiger partial charge is 0.265 e. The molecule has 0 aromatic carbocycles. The zero-order valence-electron chi connectivity index (χ0n) is 10.3. The zero-order chi connectivity index (χ0) is 12.9. The second-order valence-electron chi connectivity index (χ2n) is 4.20. The van der Waals surface area contributed by atoms with Crippen LogP contribution in [0.5, 0.6) is 0 Å². The summed E-state index contributed by atoms with van der Waals surface area (Å²) < 4.78 is 0. The van der Waals surface area contributed by atoms with E-state index in [-0.39, 0.29) is 0 Å². The number of pyridine rings is 3. The van der Waals surface area contributed by atoms with E-state index < -0.39 is 8.80 Å². The molecule has 3 rings (SSSR count). The van der Waals surface area contributed by atoms with Crippen molar-refractivity contribution in [1.29, 1.82) is 0 Å². The first-order valence-corrected chi connectivity index (χ1v) is 7.91. The Balaban J connectivity index is 2.12. The molecular weight excluding hydrogens is 250 g/mol. The first-order chi connectivity index (χ1) is 9.45. The Hall–Kier alpha value is -2.33. The number of nitrogens with zero attached hydrogens (tertiary/aromatic N) is 3. The summed E-state index contributed by atoms with van der Waals surface area (Å²) in [5.74, 6) is 0. The van der Waals surface area contributed by atoms with Crippen LogP contribution in [0, 0.1) is 0 Å². The van der Waals surface area contributed by atoms with Crippen molar-refractivity contribution >= 4 is 24.7 Å². The van der Waals surface area contributed by atoms with Gasteiger partial charge in [-0.2, -0.15) is 0 Å². The highest BCUT2D eigenvalue weighted by molar-refractivity contribution is 6.93. The molecule has 0 bridgehead atoms. The van der Waals surface area contributed by atoms with Gasteiger partial charge in [-0.1, -0.05) is 18.2 Å². The molecule has 0 atom stereocenters. The fraction of sp³-hybridized carbons (Fsp3) is 0. The Bertz CT molecular complexity index is 535. The van der Waals surface area contributed by atoms with Crippen molar-refractivity contribution in [3.63, 3.8) is 0 Å². The maximum atomic E-state index is 4.51. The maximum Gasteiger partial charge on any atom is 0.201 e. The standard InChI is InChI=1S/C15H13N3Si/c1-4-10-16-13(7-1)19(14-8-2-5-11-17-14)15-9-3-6-12-18-15/h1-12,19H. The predicted molar refractivity (Wildman–Crippen MR) is 78.8 cm³/mol. The molecule has 0 saturated heterocycles. The summed E-state index contributed by atoms with van der Waals surface area (Å²) >= 11 is 0. The van der Waals surface area contributed by atoms with Crippen LogP contribution in [-0.2, 0) is 0 Å². The number of rotatable bonds is 3. The zero-order valence-corrected chi connectivity index (χ0v) is 11.5. The van der Waals surface area contributed by atoms with Gasteiger partial charge in [0, 0.05) is 34.5 Å². The van der Waals surface area contributed by atoms with Crippen LogP contribution in [-0.4, -0.2) is 23.7 Å². The molecule has 3 aromatic heterocycles. The van der Waals surface area contributed by atoms with Crippen LogP contribution >= 0.6 is 0 Å². The molecule has 0 unspecified atom stereocenters. The molecule has 0 aliphatic carbocycles. The van der Waals surface area contributed by atoms with E-state index in [9.17, 15) is 0 Å². The van der Waals surface area contributed by atoms with E-state index in [0.717, 1.165) is 16.0 Å². The Labute approximate surface area is 113 Å². The third kappa shape index (κ3) is 2.58. The van der Waals surface area contributed by atoms with Gasteiger partial charge in [-0.05, 0) is 36.4 Å². The fourth-order valence-electron chi connectivity index (χ4n) is 2.09. The lowest BCUT2D eigenvalue weighted by Crippen LogP contribution is -2.55. The molecule has 0 spiro atoms. The van der Waals surface area contributed by atoms with Crippen molar-refractivity contribution in [1.82, 2.24) is 15.0 Å². The average Bonchev–Trinajstić information content (AvgIpc) is 2.51. The highest BCUT2D eigenvalue weighted by Gasteiger charge is 2.22. The molecule has 3 heterocycles. The summed E-state index contributed by atoms with van der Waals surface area (Å²) in [6, 6.07) is 18.1. The van der Waals surface area contributed by atoms with Crippen LogP contribution in [0.3, 0.4) is 0 Å². The monoisotopic (exact) mass is 263 g/mol. The summed E-state index contributed by atoms with van der Waals surface area (Å²) in [5.41, 5.74) is 0. The maximum absolute atomic E-state index is 4.51. The predicted octanol–water partition coefficient (Wildman–Crippen LogP) is 0.120. The molecule has 0 radical (unpaired) electrons. The molecule has 0 N–H and O–H groups in total. The average molecular weight is 263 g/mol. The minimum Gasteiger partial charge on any atom is -0.265 e. The quantitative estimate of drug-likeness (QED) is 0.630. The molecule has 0 aliphatic rings. The van der Waals surface area contributed by atoms with E-state index in [2.05, 4.69) is 33.2 Å². The van der Waals surface area contributed by atoms with E-state index in [1.54, 1.807) is 0 Å². The van der Waals surface area contributed by atoms with E-state index in [1.165, 1.54) is 0 Å². The van der Waals surface area contributed by atoms with Gasteiger partial charge in [0.1, 0.15) is 0 Å². The van der Waals surface area contributed by atoms with Gasteiger partial charge in [-0.15, -0.1) is 0 Å². The number of hydrogen-bond donors (Lipinski definition) is 0. The summed E-state index contributed by atoms with van der Waals surface area (Å²) in [5, 5.41) is 3.29. The summed E-state index contributed by atoms with van der Waals surface area (Å²) in [6.07, 6.45) is 5.50. The molecule has 4 heteroatoms. The van der Waals surface area contributed by atoms with Gasteiger partial charge in [0.25, 0.3) is 0 Å². The van der Waals surface area contributed by atoms with Crippen molar-refractivity contribution < 1.29 is 0 Å². The van der Waals surface area contributed by atoms with Crippen molar-refractivity contribution in [2.45, 2.75) is 0 Å². The van der Waals surface area contributed by atoms with Gasteiger partial charge < -0.3 is 0 Å². The first-order valence-electron chi connectivity index (χ1n) is 6.18. The summed E-state index contributed by atoms with van der Waals surface area (Å²) in [7, 11) is -1.64. The third-order valence-corrected chi connectivity index (χ3v) is 5.75. The van der Waals surface area contributed by atoms with E-state index in [4.69, 9.17) is 0 Å². The molecular formula is C15H13N3Si. The number of hydrogen-bond acceptors (Lipinski definition) is 3. The molecule has 0 amide bonds. The van der Waals surface area contributed by atoms with Crippen LogP contribution in [0.1, 0.15) is 0 Å². The van der Waals surface area contributed by atoms with Crippen LogP contribution in [0.15, 0.2) is 73.2 Å². The van der Waals surface area contributed by atoms with Crippen molar-refractivity contribution in [2.24, 2.45) is 0 Å². The molecule has 3 aromatic rings. The molecule has 0 fully saturated rings. The van der Waals surface area contributed by atoms with Crippen LogP contribution in [0.4, 0.5) is 0 Å². The van der Waals surface area contributed by atoms with Crippen LogP contribution in [0.2, 0.25) is 0 Å². The lowest BCUT2D eigenvalue weighted by Gasteiger charge is -2.13. The van der Waals surface area contributed by atoms with E-state index in [1.807, 2.05) is 55.0 Å². The van der Waals surface area contributed by atoms with Crippen molar-refractivity contribution in [3.05, 3.63) is 73.2 Å². The van der Waals surface area contributed by atoms with Gasteiger partial charge >= 0.3 is 0 Å². The van der Waals surface area contributed by atoms with E-state index >= 15 is 0 Å². The molecule has 0 saturated carbocycles. The second kappa shape index (κ2) is 5.54. The Kier molecular flexibility index (Phi) is 3.42. The smallest absolute Gasteiger partial charge is 0.201 e. The molecule has 92 valence electrons. The van der Waals surface area contributed by atoms with Gasteiger partial charge in [-0.25, -0.2) is 0 Å². The Morgan fingerprint density at radius 2 is 0.895 bits per heavy atom. The SMILES string of the molecule is c1ccc([SiH](c2ccccn2)c2ccccn2)nc1. The Morgan fingerprint density at radius 3 is 1.16 bits per heavy atom. The second-order valence-corrected chi connectivity index (χ2v) is 6.84. The van der Waals surface area contributed by atoms with Crippen molar-refractivity contribution in [3.8, 4) is 0 Å².